The summed E-state index contributed by atoms with van der Waals surface area (Å²) in [4.78, 5) is 20.9. The Morgan fingerprint density at radius 3 is 2.59 bits per heavy atom. The first kappa shape index (κ1) is 21.3. The fourth-order valence-electron chi connectivity index (χ4n) is 3.52. The highest BCUT2D eigenvalue weighted by Crippen LogP contribution is 2.22. The third-order valence-corrected chi connectivity index (χ3v) is 5.17. The molecule has 0 fully saturated rings. The van der Waals surface area contributed by atoms with E-state index in [1.807, 2.05) is 59.2 Å². The van der Waals surface area contributed by atoms with E-state index < -0.39 is 0 Å². The number of imidazole rings is 1. The van der Waals surface area contributed by atoms with E-state index >= 15 is 0 Å². The second-order valence-electron chi connectivity index (χ2n) is 7.77. The average Bonchev–Trinajstić information content (AvgIpc) is 3.51. The van der Waals surface area contributed by atoms with Crippen LogP contribution in [0.4, 0.5) is 10.1 Å². The Labute approximate surface area is 194 Å². The second-order valence-corrected chi connectivity index (χ2v) is 7.77. The summed E-state index contributed by atoms with van der Waals surface area (Å²) in [6.07, 6.45) is 3.81. The van der Waals surface area contributed by atoms with E-state index in [0.717, 1.165) is 16.8 Å². The topological polar surface area (TPSA) is 85.8 Å². The Bertz CT molecular complexity index is 1410. The molecule has 5 aromatic rings. The van der Waals surface area contributed by atoms with Gasteiger partial charge in [0.05, 0.1) is 12.7 Å². The summed E-state index contributed by atoms with van der Waals surface area (Å²) in [5, 5.41) is 6.84. The van der Waals surface area contributed by atoms with E-state index in [4.69, 9.17) is 4.52 Å². The van der Waals surface area contributed by atoms with Gasteiger partial charge in [-0.05, 0) is 35.4 Å². The van der Waals surface area contributed by atoms with Crippen molar-refractivity contribution in [3.8, 4) is 23.0 Å². The van der Waals surface area contributed by atoms with Gasteiger partial charge in [0.15, 0.2) is 0 Å². The summed E-state index contributed by atoms with van der Waals surface area (Å²) in [5.74, 6) is 0.133. The molecule has 0 saturated heterocycles. The molecule has 2 aromatic heterocycles. The van der Waals surface area contributed by atoms with Crippen molar-refractivity contribution in [1.82, 2.24) is 19.7 Å². The van der Waals surface area contributed by atoms with Gasteiger partial charge in [-0.15, -0.1) is 0 Å². The van der Waals surface area contributed by atoms with Crippen molar-refractivity contribution in [3.63, 3.8) is 0 Å². The molecule has 0 radical (unpaired) electrons. The maximum Gasteiger partial charge on any atom is 0.278 e. The normalized spacial score (nSPS) is 10.9. The van der Waals surface area contributed by atoms with Gasteiger partial charge < -0.3 is 14.4 Å². The van der Waals surface area contributed by atoms with Crippen molar-refractivity contribution in [2.24, 2.45) is 0 Å². The molecule has 168 valence electrons. The molecular formula is C26H20FN5O2. The van der Waals surface area contributed by atoms with E-state index in [1.165, 1.54) is 12.1 Å². The molecule has 7 nitrogen and oxygen atoms in total. The highest BCUT2D eigenvalue weighted by molar-refractivity contribution is 5.92. The first-order valence-corrected chi connectivity index (χ1v) is 10.7. The lowest BCUT2D eigenvalue weighted by Gasteiger charge is -2.07. The monoisotopic (exact) mass is 453 g/mol. The van der Waals surface area contributed by atoms with Gasteiger partial charge in [0, 0.05) is 24.0 Å². The second kappa shape index (κ2) is 9.50. The summed E-state index contributed by atoms with van der Waals surface area (Å²) in [6, 6.07) is 23.3. The standard InChI is InChI=1S/C26H20FN5O2/c27-21-8-4-7-20(14-21)25-30-26(34-31-25)23-16-32(17-28-23)15-19-9-11-22(12-10-19)29-24(33)13-18-5-2-1-3-6-18/h1-12,14,16-17H,13,15H2,(H,29,33). The van der Waals surface area contributed by atoms with E-state index in [2.05, 4.69) is 20.4 Å². The first-order valence-electron chi connectivity index (χ1n) is 10.7. The zero-order valence-electron chi connectivity index (χ0n) is 18.1. The van der Waals surface area contributed by atoms with Gasteiger partial charge >= 0.3 is 0 Å². The van der Waals surface area contributed by atoms with Crippen molar-refractivity contribution < 1.29 is 13.7 Å². The Morgan fingerprint density at radius 2 is 1.79 bits per heavy atom. The molecule has 0 unspecified atom stereocenters. The lowest BCUT2D eigenvalue weighted by atomic mass is 10.1. The van der Waals surface area contributed by atoms with Gasteiger partial charge in [-0.3, -0.25) is 4.79 Å². The number of hydrogen-bond acceptors (Lipinski definition) is 5. The van der Waals surface area contributed by atoms with Crippen molar-refractivity contribution in [2.45, 2.75) is 13.0 Å². The van der Waals surface area contributed by atoms with Crippen LogP contribution >= 0.6 is 0 Å². The molecule has 0 aliphatic heterocycles. The molecule has 0 bridgehead atoms. The number of anilines is 1. The SMILES string of the molecule is O=C(Cc1ccccc1)Nc1ccc(Cn2cnc(-c3nc(-c4cccc(F)c4)no3)c2)cc1. The van der Waals surface area contributed by atoms with Gasteiger partial charge in [0.25, 0.3) is 5.89 Å². The number of nitrogens with zero attached hydrogens (tertiary/aromatic N) is 4. The summed E-state index contributed by atoms with van der Waals surface area (Å²) in [6.45, 7) is 0.579. The Morgan fingerprint density at radius 1 is 0.971 bits per heavy atom. The van der Waals surface area contributed by atoms with Crippen molar-refractivity contribution in [1.29, 1.82) is 0 Å². The van der Waals surface area contributed by atoms with Crippen LogP contribution in [0.2, 0.25) is 0 Å². The summed E-state index contributed by atoms with van der Waals surface area (Å²) in [5.41, 5.74) is 3.81. The maximum atomic E-state index is 13.4. The largest absolute Gasteiger partial charge is 0.332 e. The number of nitrogens with one attached hydrogen (secondary N) is 1. The molecule has 0 aliphatic carbocycles. The minimum absolute atomic E-state index is 0.0598. The number of rotatable bonds is 7. The Hall–Kier alpha value is -4.59. The number of halogens is 1. The van der Waals surface area contributed by atoms with E-state index in [1.54, 1.807) is 24.7 Å². The molecule has 3 aromatic carbocycles. The molecule has 2 heterocycles. The molecular weight excluding hydrogens is 433 g/mol. The van der Waals surface area contributed by atoms with Gasteiger partial charge in [-0.25, -0.2) is 9.37 Å². The lowest BCUT2D eigenvalue weighted by molar-refractivity contribution is -0.115. The van der Waals surface area contributed by atoms with Gasteiger partial charge in [-0.2, -0.15) is 4.98 Å². The van der Waals surface area contributed by atoms with E-state index in [9.17, 15) is 9.18 Å². The molecule has 0 aliphatic rings. The van der Waals surface area contributed by atoms with Crippen molar-refractivity contribution in [2.75, 3.05) is 5.32 Å². The van der Waals surface area contributed by atoms with E-state index in [-0.39, 0.29) is 17.6 Å². The van der Waals surface area contributed by atoms with Crippen LogP contribution in [-0.2, 0) is 17.8 Å². The molecule has 5 rings (SSSR count). The van der Waals surface area contributed by atoms with Crippen LogP contribution in [0.5, 0.6) is 0 Å². The number of amides is 1. The van der Waals surface area contributed by atoms with E-state index in [0.29, 0.717) is 30.0 Å². The van der Waals surface area contributed by atoms with Crippen LogP contribution in [-0.4, -0.2) is 25.6 Å². The number of hydrogen-bond donors (Lipinski definition) is 1. The Kier molecular flexibility index (Phi) is 5.94. The van der Waals surface area contributed by atoms with Crippen molar-refractivity contribution >= 4 is 11.6 Å². The van der Waals surface area contributed by atoms with Crippen LogP contribution in [0.25, 0.3) is 23.0 Å². The molecule has 0 spiro atoms. The number of benzene rings is 3. The summed E-state index contributed by atoms with van der Waals surface area (Å²) in [7, 11) is 0. The third-order valence-electron chi connectivity index (χ3n) is 5.17. The minimum atomic E-state index is -0.366. The van der Waals surface area contributed by atoms with Crippen LogP contribution in [0.3, 0.4) is 0 Å². The lowest BCUT2D eigenvalue weighted by Crippen LogP contribution is -2.14. The zero-order valence-corrected chi connectivity index (χ0v) is 18.1. The highest BCUT2D eigenvalue weighted by Gasteiger charge is 2.14. The number of aromatic nitrogens is 4. The molecule has 0 atom stereocenters. The summed E-state index contributed by atoms with van der Waals surface area (Å²) < 4.78 is 20.6. The highest BCUT2D eigenvalue weighted by atomic mass is 19.1. The van der Waals surface area contributed by atoms with Gasteiger partial charge in [0.1, 0.15) is 11.5 Å². The molecule has 34 heavy (non-hydrogen) atoms. The smallest absolute Gasteiger partial charge is 0.278 e. The third kappa shape index (κ3) is 5.07. The molecule has 1 N–H and O–H groups in total. The van der Waals surface area contributed by atoms with Gasteiger partial charge in [0.2, 0.25) is 11.7 Å². The minimum Gasteiger partial charge on any atom is -0.332 e. The van der Waals surface area contributed by atoms with Crippen LogP contribution in [0.15, 0.2) is 95.9 Å². The maximum absolute atomic E-state index is 13.4. The quantitative estimate of drug-likeness (QED) is 0.376. The van der Waals surface area contributed by atoms with Crippen LogP contribution in [0.1, 0.15) is 11.1 Å². The first-order chi connectivity index (χ1) is 16.6. The van der Waals surface area contributed by atoms with Crippen LogP contribution in [0, 0.1) is 5.82 Å². The fourth-order valence-corrected chi connectivity index (χ4v) is 3.52. The molecule has 1 amide bonds. The number of carbonyl (C=O) groups excluding carboxylic acids is 1. The molecule has 8 heteroatoms. The molecule has 0 saturated carbocycles. The fraction of sp³-hybridized carbons (Fsp3) is 0.0769. The van der Waals surface area contributed by atoms with Gasteiger partial charge in [-0.1, -0.05) is 59.8 Å². The number of carbonyl (C=O) groups is 1. The average molecular weight is 453 g/mol. The zero-order chi connectivity index (χ0) is 23.3. The summed E-state index contributed by atoms with van der Waals surface area (Å²) >= 11 is 0. The van der Waals surface area contributed by atoms with Crippen molar-refractivity contribution in [3.05, 3.63) is 108 Å². The van der Waals surface area contributed by atoms with Crippen LogP contribution < -0.4 is 5.32 Å². The predicted molar refractivity (Wildman–Crippen MR) is 125 cm³/mol. The Balaban J connectivity index is 1.21. The predicted octanol–water partition coefficient (Wildman–Crippen LogP) is 4.97.